The zero-order valence-corrected chi connectivity index (χ0v) is 12.7. The number of rotatable bonds is 4. The molecule has 0 radical (unpaired) electrons. The maximum absolute atomic E-state index is 5.37. The van der Waals surface area contributed by atoms with Gasteiger partial charge >= 0.3 is 0 Å². The largest absolute Gasteiger partial charge is 0.493 e. The number of hydrogen-bond acceptors (Lipinski definition) is 5. The Bertz CT molecular complexity index is 810. The molecule has 0 saturated heterocycles. The molecule has 0 unspecified atom stereocenters. The van der Waals surface area contributed by atoms with E-state index in [4.69, 9.17) is 14.5 Å². The molecule has 0 aliphatic carbocycles. The van der Waals surface area contributed by atoms with Crippen LogP contribution in [0.1, 0.15) is 25.5 Å². The van der Waals surface area contributed by atoms with Crippen molar-refractivity contribution in [2.75, 3.05) is 14.2 Å². The number of benzene rings is 1. The molecule has 0 aliphatic rings. The Morgan fingerprint density at radius 1 is 0.952 bits per heavy atom. The molecule has 3 rings (SSSR count). The molecule has 0 fully saturated rings. The fourth-order valence-electron chi connectivity index (χ4n) is 2.56. The zero-order chi connectivity index (χ0) is 15.0. The van der Waals surface area contributed by atoms with Crippen molar-refractivity contribution in [3.8, 4) is 11.5 Å². The van der Waals surface area contributed by atoms with Crippen molar-refractivity contribution in [2.45, 2.75) is 26.7 Å². The lowest BCUT2D eigenvalue weighted by Gasteiger charge is -2.11. The van der Waals surface area contributed by atoms with Crippen LogP contribution in [0.2, 0.25) is 0 Å². The topological polar surface area (TPSA) is 61.5 Å². The Morgan fingerprint density at radius 3 is 2.24 bits per heavy atom. The minimum absolute atomic E-state index is 0.666. The summed E-state index contributed by atoms with van der Waals surface area (Å²) >= 11 is 0. The van der Waals surface area contributed by atoms with Crippen LogP contribution in [0.3, 0.4) is 0 Å². The van der Waals surface area contributed by atoms with Gasteiger partial charge in [-0.15, -0.1) is 10.2 Å². The molecule has 0 saturated carbocycles. The quantitative estimate of drug-likeness (QED) is 0.737. The molecule has 21 heavy (non-hydrogen) atoms. The third-order valence-electron chi connectivity index (χ3n) is 3.61. The highest BCUT2D eigenvalue weighted by molar-refractivity contribution is 5.93. The molecule has 0 N–H and O–H groups in total. The summed E-state index contributed by atoms with van der Waals surface area (Å²) in [4.78, 5) is 4.73. The van der Waals surface area contributed by atoms with Crippen molar-refractivity contribution < 1.29 is 9.47 Å². The molecule has 6 nitrogen and oxygen atoms in total. The number of methoxy groups -OCH3 is 2. The van der Waals surface area contributed by atoms with E-state index < -0.39 is 0 Å². The van der Waals surface area contributed by atoms with E-state index in [1.54, 1.807) is 14.2 Å². The average Bonchev–Trinajstić information content (AvgIpc) is 2.96. The smallest absolute Gasteiger partial charge is 0.171 e. The van der Waals surface area contributed by atoms with Gasteiger partial charge in [0, 0.05) is 24.3 Å². The van der Waals surface area contributed by atoms with Crippen molar-refractivity contribution in [3.05, 3.63) is 23.8 Å². The number of aryl methyl sites for hydroxylation is 2. The molecule has 2 aromatic heterocycles. The van der Waals surface area contributed by atoms with E-state index in [9.17, 15) is 0 Å². The monoisotopic (exact) mass is 286 g/mol. The van der Waals surface area contributed by atoms with Gasteiger partial charge in [-0.3, -0.25) is 4.40 Å². The van der Waals surface area contributed by atoms with Gasteiger partial charge in [0.05, 0.1) is 19.7 Å². The van der Waals surface area contributed by atoms with Gasteiger partial charge in [0.2, 0.25) is 0 Å². The lowest BCUT2D eigenvalue weighted by atomic mass is 10.2. The second-order valence-corrected chi connectivity index (χ2v) is 4.73. The lowest BCUT2D eigenvalue weighted by molar-refractivity contribution is 0.356. The Hall–Kier alpha value is -2.37. The Labute approximate surface area is 122 Å². The van der Waals surface area contributed by atoms with E-state index >= 15 is 0 Å². The summed E-state index contributed by atoms with van der Waals surface area (Å²) < 4.78 is 12.8. The molecule has 0 amide bonds. The maximum atomic E-state index is 5.37. The van der Waals surface area contributed by atoms with Gasteiger partial charge < -0.3 is 9.47 Å². The van der Waals surface area contributed by atoms with E-state index in [0.717, 1.165) is 41.0 Å². The summed E-state index contributed by atoms with van der Waals surface area (Å²) in [5.74, 6) is 3.20. The normalized spacial score (nSPS) is 11.2. The first kappa shape index (κ1) is 13.6. The van der Waals surface area contributed by atoms with Crippen molar-refractivity contribution >= 4 is 16.6 Å². The van der Waals surface area contributed by atoms with Crippen LogP contribution in [0, 0.1) is 0 Å². The van der Waals surface area contributed by atoms with Crippen molar-refractivity contribution in [2.24, 2.45) is 0 Å². The third kappa shape index (κ3) is 1.98. The molecular formula is C15H18N4O2. The molecule has 0 spiro atoms. The van der Waals surface area contributed by atoms with Gasteiger partial charge in [-0.2, -0.15) is 0 Å². The molecular weight excluding hydrogens is 268 g/mol. The van der Waals surface area contributed by atoms with Gasteiger partial charge in [-0.05, 0) is 6.07 Å². The highest BCUT2D eigenvalue weighted by atomic mass is 16.5. The SMILES string of the molecule is CCc1nnc2c3cc(OC)c(OC)cc3nc(CC)n12. The maximum Gasteiger partial charge on any atom is 0.171 e. The highest BCUT2D eigenvalue weighted by Gasteiger charge is 2.16. The minimum atomic E-state index is 0.666. The molecule has 1 aromatic carbocycles. The van der Waals surface area contributed by atoms with Gasteiger partial charge in [0.25, 0.3) is 0 Å². The van der Waals surface area contributed by atoms with Crippen LogP contribution in [0.15, 0.2) is 12.1 Å². The molecule has 0 aliphatic heterocycles. The minimum Gasteiger partial charge on any atom is -0.493 e. The van der Waals surface area contributed by atoms with E-state index in [0.29, 0.717) is 11.5 Å². The number of ether oxygens (including phenoxy) is 2. The predicted molar refractivity (Wildman–Crippen MR) is 80.1 cm³/mol. The van der Waals surface area contributed by atoms with Gasteiger partial charge in [0.1, 0.15) is 11.6 Å². The van der Waals surface area contributed by atoms with Gasteiger partial charge in [-0.1, -0.05) is 13.8 Å². The summed E-state index contributed by atoms with van der Waals surface area (Å²) in [7, 11) is 3.24. The molecule has 2 heterocycles. The first-order valence-corrected chi connectivity index (χ1v) is 7.02. The van der Waals surface area contributed by atoms with Gasteiger partial charge in [-0.25, -0.2) is 4.98 Å². The number of fused-ring (bicyclic) bond motifs is 3. The average molecular weight is 286 g/mol. The summed E-state index contributed by atoms with van der Waals surface area (Å²) in [5.41, 5.74) is 1.65. The summed E-state index contributed by atoms with van der Waals surface area (Å²) in [6.07, 6.45) is 1.63. The number of hydrogen-bond donors (Lipinski definition) is 0. The van der Waals surface area contributed by atoms with Crippen LogP contribution in [0.5, 0.6) is 11.5 Å². The van der Waals surface area contributed by atoms with Crippen LogP contribution < -0.4 is 9.47 Å². The summed E-state index contributed by atoms with van der Waals surface area (Å²) in [6, 6.07) is 3.79. The van der Waals surface area contributed by atoms with Crippen LogP contribution in [-0.4, -0.2) is 33.8 Å². The fraction of sp³-hybridized carbons (Fsp3) is 0.400. The van der Waals surface area contributed by atoms with Crippen LogP contribution >= 0.6 is 0 Å². The second-order valence-electron chi connectivity index (χ2n) is 4.73. The lowest BCUT2D eigenvalue weighted by Crippen LogP contribution is -2.04. The van der Waals surface area contributed by atoms with Crippen LogP contribution in [0.4, 0.5) is 0 Å². The molecule has 3 aromatic rings. The molecule has 6 heteroatoms. The zero-order valence-electron chi connectivity index (χ0n) is 12.7. The highest BCUT2D eigenvalue weighted by Crippen LogP contribution is 2.33. The van der Waals surface area contributed by atoms with E-state index in [1.165, 1.54) is 0 Å². The molecule has 110 valence electrons. The first-order chi connectivity index (χ1) is 10.2. The van der Waals surface area contributed by atoms with Crippen LogP contribution in [0.25, 0.3) is 16.6 Å². The molecule has 0 bridgehead atoms. The standard InChI is InChI=1S/C15H18N4O2/c1-5-13-16-10-8-12(21-4)11(20-3)7-9(10)15-18-17-14(6-2)19(13)15/h7-8H,5-6H2,1-4H3. The Morgan fingerprint density at radius 2 is 1.62 bits per heavy atom. The Balaban J connectivity index is 2.44. The van der Waals surface area contributed by atoms with Crippen molar-refractivity contribution in [3.63, 3.8) is 0 Å². The van der Waals surface area contributed by atoms with Crippen molar-refractivity contribution in [1.29, 1.82) is 0 Å². The second kappa shape index (κ2) is 5.20. The van der Waals surface area contributed by atoms with Crippen LogP contribution in [-0.2, 0) is 12.8 Å². The summed E-state index contributed by atoms with van der Waals surface area (Å²) in [5, 5.41) is 9.52. The number of nitrogens with zero attached hydrogens (tertiary/aromatic N) is 4. The van der Waals surface area contributed by atoms with Crippen molar-refractivity contribution in [1.82, 2.24) is 19.6 Å². The predicted octanol–water partition coefficient (Wildman–Crippen LogP) is 2.42. The van der Waals surface area contributed by atoms with E-state index in [-0.39, 0.29) is 0 Å². The van der Waals surface area contributed by atoms with E-state index in [1.807, 2.05) is 16.5 Å². The summed E-state index contributed by atoms with van der Waals surface area (Å²) in [6.45, 7) is 4.14. The number of aromatic nitrogens is 4. The fourth-order valence-corrected chi connectivity index (χ4v) is 2.56. The third-order valence-corrected chi connectivity index (χ3v) is 3.61. The first-order valence-electron chi connectivity index (χ1n) is 7.02. The molecule has 0 atom stereocenters. The van der Waals surface area contributed by atoms with Gasteiger partial charge in [0.15, 0.2) is 17.1 Å². The van der Waals surface area contributed by atoms with E-state index in [2.05, 4.69) is 24.0 Å². The Kier molecular flexibility index (Phi) is 3.37.